The minimum atomic E-state index is -3.31. The molecule has 6 nitrogen and oxygen atoms in total. The second-order valence-corrected chi connectivity index (χ2v) is 6.12. The van der Waals surface area contributed by atoms with Crippen LogP contribution in [0.4, 0.5) is 0 Å². The van der Waals surface area contributed by atoms with Crippen LogP contribution in [0.5, 0.6) is 0 Å². The normalized spacial score (nSPS) is 11.8. The van der Waals surface area contributed by atoms with E-state index >= 15 is 0 Å². The Morgan fingerprint density at radius 2 is 1.89 bits per heavy atom. The molecule has 0 aliphatic carbocycles. The van der Waals surface area contributed by atoms with Crippen LogP contribution in [-0.4, -0.2) is 34.6 Å². The molecule has 2 heterocycles. The van der Waals surface area contributed by atoms with Gasteiger partial charge in [-0.2, -0.15) is 0 Å². The molecule has 96 valence electrons. The van der Waals surface area contributed by atoms with Crippen molar-refractivity contribution in [3.05, 3.63) is 36.9 Å². The molecular weight excluding hydrogens is 264 g/mol. The molecule has 0 saturated heterocycles. The maximum Gasteiger partial charge on any atom is 0.177 e. The summed E-state index contributed by atoms with van der Waals surface area (Å²) < 4.78 is 23.4. The Kier molecular flexibility index (Phi) is 2.56. The van der Waals surface area contributed by atoms with E-state index in [1.54, 1.807) is 30.6 Å². The third-order valence-corrected chi connectivity index (χ3v) is 3.84. The van der Waals surface area contributed by atoms with E-state index in [0.29, 0.717) is 22.4 Å². The van der Waals surface area contributed by atoms with Crippen molar-refractivity contribution in [2.75, 3.05) is 6.26 Å². The van der Waals surface area contributed by atoms with Crippen LogP contribution in [0, 0.1) is 0 Å². The largest absolute Gasteiger partial charge is 0.338 e. The number of hydrogen-bond donors (Lipinski definition) is 1. The number of imidazole rings is 1. The molecule has 7 heteroatoms. The van der Waals surface area contributed by atoms with Crippen molar-refractivity contribution >= 4 is 20.9 Å². The van der Waals surface area contributed by atoms with Crippen LogP contribution in [0.2, 0.25) is 0 Å². The molecule has 1 aromatic carbocycles. The van der Waals surface area contributed by atoms with Crippen molar-refractivity contribution in [3.63, 3.8) is 0 Å². The molecule has 0 bridgehead atoms. The van der Waals surface area contributed by atoms with Gasteiger partial charge in [0.25, 0.3) is 0 Å². The second-order valence-electron chi connectivity index (χ2n) is 4.14. The molecule has 3 aromatic rings. The Labute approximate surface area is 109 Å². The number of aromatic nitrogens is 4. The van der Waals surface area contributed by atoms with Gasteiger partial charge in [-0.3, -0.25) is 0 Å². The van der Waals surface area contributed by atoms with Crippen molar-refractivity contribution < 1.29 is 8.42 Å². The predicted octanol–water partition coefficient (Wildman–Crippen LogP) is 1.42. The summed E-state index contributed by atoms with van der Waals surface area (Å²) in [5.41, 5.74) is 1.81. The molecule has 3 rings (SSSR count). The SMILES string of the molecule is CS(=O)(=O)c1cccc2[nH]c(-c3cncnc3)nc12. The summed E-state index contributed by atoms with van der Waals surface area (Å²) >= 11 is 0. The van der Waals surface area contributed by atoms with Crippen LogP contribution in [0.25, 0.3) is 22.4 Å². The van der Waals surface area contributed by atoms with Gasteiger partial charge in [-0.15, -0.1) is 0 Å². The van der Waals surface area contributed by atoms with Gasteiger partial charge in [0.2, 0.25) is 0 Å². The molecule has 0 radical (unpaired) electrons. The van der Waals surface area contributed by atoms with Crippen molar-refractivity contribution in [3.8, 4) is 11.4 Å². The molecule has 0 spiro atoms. The molecule has 2 aromatic heterocycles. The minimum absolute atomic E-state index is 0.212. The lowest BCUT2D eigenvalue weighted by Crippen LogP contribution is -1.97. The fourth-order valence-corrected chi connectivity index (χ4v) is 2.70. The van der Waals surface area contributed by atoms with Crippen LogP contribution < -0.4 is 0 Å². The molecule has 0 amide bonds. The van der Waals surface area contributed by atoms with E-state index in [1.165, 1.54) is 12.6 Å². The summed E-state index contributed by atoms with van der Waals surface area (Å²) in [6.45, 7) is 0. The monoisotopic (exact) mass is 274 g/mol. The van der Waals surface area contributed by atoms with E-state index in [0.717, 1.165) is 0 Å². The summed E-state index contributed by atoms with van der Waals surface area (Å²) in [6.07, 6.45) is 5.82. The highest BCUT2D eigenvalue weighted by Crippen LogP contribution is 2.24. The number of hydrogen-bond acceptors (Lipinski definition) is 5. The lowest BCUT2D eigenvalue weighted by Gasteiger charge is -1.97. The first-order valence-corrected chi connectivity index (χ1v) is 7.39. The highest BCUT2D eigenvalue weighted by atomic mass is 32.2. The average molecular weight is 274 g/mol. The zero-order valence-electron chi connectivity index (χ0n) is 10.0. The van der Waals surface area contributed by atoms with Gasteiger partial charge in [0.15, 0.2) is 9.84 Å². The average Bonchev–Trinajstić information content (AvgIpc) is 2.82. The Hall–Kier alpha value is -2.28. The van der Waals surface area contributed by atoms with Crippen molar-refractivity contribution in [2.24, 2.45) is 0 Å². The molecule has 0 fully saturated rings. The number of fused-ring (bicyclic) bond motifs is 1. The number of para-hydroxylation sites is 1. The zero-order valence-corrected chi connectivity index (χ0v) is 10.8. The van der Waals surface area contributed by atoms with Gasteiger partial charge in [0.05, 0.1) is 16.0 Å². The molecule has 0 saturated carbocycles. The molecule has 19 heavy (non-hydrogen) atoms. The van der Waals surface area contributed by atoms with Crippen LogP contribution in [-0.2, 0) is 9.84 Å². The first-order valence-electron chi connectivity index (χ1n) is 5.50. The summed E-state index contributed by atoms with van der Waals surface area (Å²) in [5, 5.41) is 0. The third-order valence-electron chi connectivity index (χ3n) is 2.71. The molecule has 0 unspecified atom stereocenters. The lowest BCUT2D eigenvalue weighted by atomic mass is 10.3. The Bertz CT molecular complexity index is 841. The third kappa shape index (κ3) is 2.08. The Morgan fingerprint density at radius 1 is 1.16 bits per heavy atom. The lowest BCUT2D eigenvalue weighted by molar-refractivity contribution is 0.602. The summed E-state index contributed by atoms with van der Waals surface area (Å²) in [4.78, 5) is 15.4. The first kappa shape index (κ1) is 11.8. The Morgan fingerprint density at radius 3 is 2.58 bits per heavy atom. The highest BCUT2D eigenvalue weighted by Gasteiger charge is 2.15. The predicted molar refractivity (Wildman–Crippen MR) is 70.2 cm³/mol. The molecular formula is C12H10N4O2S. The highest BCUT2D eigenvalue weighted by molar-refractivity contribution is 7.91. The number of aromatic amines is 1. The number of sulfone groups is 1. The maximum atomic E-state index is 11.7. The smallest absolute Gasteiger partial charge is 0.177 e. The van der Waals surface area contributed by atoms with Crippen LogP contribution in [0.3, 0.4) is 0 Å². The zero-order chi connectivity index (χ0) is 13.5. The van der Waals surface area contributed by atoms with Gasteiger partial charge in [0, 0.05) is 18.6 Å². The van der Waals surface area contributed by atoms with Crippen LogP contribution >= 0.6 is 0 Å². The molecule has 1 N–H and O–H groups in total. The number of rotatable bonds is 2. The summed E-state index contributed by atoms with van der Waals surface area (Å²) in [7, 11) is -3.31. The Balaban J connectivity index is 2.28. The van der Waals surface area contributed by atoms with Gasteiger partial charge in [0.1, 0.15) is 17.7 Å². The van der Waals surface area contributed by atoms with E-state index in [2.05, 4.69) is 19.9 Å². The second kappa shape index (κ2) is 4.13. The molecule has 0 aliphatic heterocycles. The van der Waals surface area contributed by atoms with Crippen LogP contribution in [0.15, 0.2) is 41.8 Å². The van der Waals surface area contributed by atoms with Crippen molar-refractivity contribution in [1.29, 1.82) is 0 Å². The van der Waals surface area contributed by atoms with Crippen LogP contribution in [0.1, 0.15) is 0 Å². The van der Waals surface area contributed by atoms with Gasteiger partial charge >= 0.3 is 0 Å². The van der Waals surface area contributed by atoms with Crippen molar-refractivity contribution in [2.45, 2.75) is 4.90 Å². The number of nitrogens with one attached hydrogen (secondary N) is 1. The van der Waals surface area contributed by atoms with Gasteiger partial charge < -0.3 is 4.98 Å². The summed E-state index contributed by atoms with van der Waals surface area (Å²) in [5.74, 6) is 0.548. The minimum Gasteiger partial charge on any atom is -0.338 e. The first-order chi connectivity index (χ1) is 9.05. The van der Waals surface area contributed by atoms with E-state index in [9.17, 15) is 8.42 Å². The van der Waals surface area contributed by atoms with Gasteiger partial charge in [-0.1, -0.05) is 6.07 Å². The maximum absolute atomic E-state index is 11.7. The number of H-pyrrole nitrogens is 1. The quantitative estimate of drug-likeness (QED) is 0.763. The fourth-order valence-electron chi connectivity index (χ4n) is 1.86. The molecule has 0 aliphatic rings. The number of nitrogens with zero attached hydrogens (tertiary/aromatic N) is 3. The number of benzene rings is 1. The van der Waals surface area contributed by atoms with E-state index in [4.69, 9.17) is 0 Å². The summed E-state index contributed by atoms with van der Waals surface area (Å²) in [6, 6.07) is 5.01. The fraction of sp³-hybridized carbons (Fsp3) is 0.0833. The molecule has 0 atom stereocenters. The topological polar surface area (TPSA) is 88.6 Å². The van der Waals surface area contributed by atoms with Gasteiger partial charge in [-0.05, 0) is 12.1 Å². The van der Waals surface area contributed by atoms with E-state index < -0.39 is 9.84 Å². The van der Waals surface area contributed by atoms with Gasteiger partial charge in [-0.25, -0.2) is 23.4 Å². The van der Waals surface area contributed by atoms with E-state index in [-0.39, 0.29) is 4.90 Å². The standard InChI is InChI=1S/C12H10N4O2S/c1-19(17,18)10-4-2-3-9-11(10)16-12(15-9)8-5-13-7-14-6-8/h2-7H,1H3,(H,15,16). The van der Waals surface area contributed by atoms with Crippen molar-refractivity contribution in [1.82, 2.24) is 19.9 Å². The van der Waals surface area contributed by atoms with E-state index in [1.807, 2.05) is 0 Å².